The number of urea groups is 1. The molecule has 1 atom stereocenters. The second kappa shape index (κ2) is 7.05. The zero-order chi connectivity index (χ0) is 16.1. The molecule has 0 bridgehead atoms. The van der Waals surface area contributed by atoms with E-state index < -0.39 is 0 Å². The maximum Gasteiger partial charge on any atom is 0.317 e. The van der Waals surface area contributed by atoms with Crippen LogP contribution in [-0.4, -0.2) is 37.2 Å². The third kappa shape index (κ3) is 3.94. The highest BCUT2D eigenvalue weighted by atomic mass is 16.6. The molecule has 2 aromatic rings. The standard InChI is InChI=1S/C18H20N2O3/c1-20(12-14-7-3-2-4-8-14)18(21)19-11-15-13-22-16-9-5-6-10-17(16)23-15/h2-10,15H,11-13H2,1H3,(H,19,21)/t15-/m1/s1. The average molecular weight is 312 g/mol. The van der Waals surface area contributed by atoms with E-state index in [2.05, 4.69) is 5.32 Å². The Morgan fingerprint density at radius 3 is 2.61 bits per heavy atom. The molecule has 1 aliphatic rings. The Morgan fingerprint density at radius 1 is 1.13 bits per heavy atom. The molecule has 23 heavy (non-hydrogen) atoms. The zero-order valence-corrected chi connectivity index (χ0v) is 13.1. The minimum Gasteiger partial charge on any atom is -0.486 e. The number of para-hydroxylation sites is 2. The summed E-state index contributed by atoms with van der Waals surface area (Å²) in [7, 11) is 1.77. The summed E-state index contributed by atoms with van der Waals surface area (Å²) < 4.78 is 11.5. The van der Waals surface area contributed by atoms with E-state index in [1.165, 1.54) is 0 Å². The maximum atomic E-state index is 12.2. The van der Waals surface area contributed by atoms with Crippen molar-refractivity contribution in [2.75, 3.05) is 20.2 Å². The lowest BCUT2D eigenvalue weighted by Gasteiger charge is -2.27. The van der Waals surface area contributed by atoms with Crippen molar-refractivity contribution in [1.82, 2.24) is 10.2 Å². The van der Waals surface area contributed by atoms with Gasteiger partial charge >= 0.3 is 6.03 Å². The van der Waals surface area contributed by atoms with Crippen LogP contribution in [0.25, 0.3) is 0 Å². The third-order valence-corrected chi connectivity index (χ3v) is 3.66. The van der Waals surface area contributed by atoms with Crippen molar-refractivity contribution in [3.05, 3.63) is 60.2 Å². The van der Waals surface area contributed by atoms with Gasteiger partial charge in [-0.3, -0.25) is 0 Å². The van der Waals surface area contributed by atoms with Crippen LogP contribution in [0.2, 0.25) is 0 Å². The normalized spacial score (nSPS) is 15.8. The molecule has 1 aliphatic heterocycles. The van der Waals surface area contributed by atoms with E-state index in [4.69, 9.17) is 9.47 Å². The Balaban J connectivity index is 1.48. The summed E-state index contributed by atoms with van der Waals surface area (Å²) in [6.45, 7) is 1.41. The van der Waals surface area contributed by atoms with Gasteiger partial charge in [0.05, 0.1) is 6.54 Å². The minimum atomic E-state index is -0.182. The van der Waals surface area contributed by atoms with Crippen LogP contribution >= 0.6 is 0 Å². The summed E-state index contributed by atoms with van der Waals surface area (Å²) in [5.74, 6) is 1.46. The lowest BCUT2D eigenvalue weighted by Crippen LogP contribution is -2.44. The second-order valence-electron chi connectivity index (χ2n) is 5.53. The molecule has 120 valence electrons. The van der Waals surface area contributed by atoms with E-state index >= 15 is 0 Å². The monoisotopic (exact) mass is 312 g/mol. The molecular formula is C18H20N2O3. The fourth-order valence-electron chi connectivity index (χ4n) is 2.43. The Labute approximate surface area is 135 Å². The quantitative estimate of drug-likeness (QED) is 0.944. The fourth-order valence-corrected chi connectivity index (χ4v) is 2.43. The molecule has 1 N–H and O–H groups in total. The number of benzene rings is 2. The Bertz CT molecular complexity index is 660. The van der Waals surface area contributed by atoms with Crippen LogP contribution < -0.4 is 14.8 Å². The topological polar surface area (TPSA) is 50.8 Å². The highest BCUT2D eigenvalue weighted by Crippen LogP contribution is 2.30. The first kappa shape index (κ1) is 15.2. The first-order valence-electron chi connectivity index (χ1n) is 7.64. The van der Waals surface area contributed by atoms with E-state index in [9.17, 15) is 4.79 Å². The Hall–Kier alpha value is -2.69. The number of carbonyl (C=O) groups excluding carboxylic acids is 1. The molecule has 0 unspecified atom stereocenters. The molecule has 0 saturated carbocycles. The molecule has 0 radical (unpaired) electrons. The van der Waals surface area contributed by atoms with Gasteiger partial charge in [-0.2, -0.15) is 0 Å². The fraction of sp³-hybridized carbons (Fsp3) is 0.278. The van der Waals surface area contributed by atoms with Crippen LogP contribution in [-0.2, 0) is 6.54 Å². The summed E-state index contributed by atoms with van der Waals surface area (Å²) in [6.07, 6.45) is -0.182. The van der Waals surface area contributed by atoms with Gasteiger partial charge < -0.3 is 19.7 Å². The van der Waals surface area contributed by atoms with Gasteiger partial charge in [-0.25, -0.2) is 4.79 Å². The molecule has 0 aliphatic carbocycles. The molecule has 0 fully saturated rings. The van der Waals surface area contributed by atoms with E-state index in [-0.39, 0.29) is 12.1 Å². The number of amides is 2. The van der Waals surface area contributed by atoms with Gasteiger partial charge in [0.1, 0.15) is 6.61 Å². The van der Waals surface area contributed by atoms with Gasteiger partial charge in [0, 0.05) is 13.6 Å². The molecule has 2 aromatic carbocycles. The van der Waals surface area contributed by atoms with Crippen LogP contribution in [0, 0.1) is 0 Å². The zero-order valence-electron chi connectivity index (χ0n) is 13.1. The third-order valence-electron chi connectivity index (χ3n) is 3.66. The van der Waals surface area contributed by atoms with Crippen molar-refractivity contribution >= 4 is 6.03 Å². The SMILES string of the molecule is CN(Cc1ccccc1)C(=O)NC[C@@H]1COc2ccccc2O1. The van der Waals surface area contributed by atoms with Crippen molar-refractivity contribution in [2.45, 2.75) is 12.6 Å². The van der Waals surface area contributed by atoms with Crippen LogP contribution in [0.3, 0.4) is 0 Å². The van der Waals surface area contributed by atoms with Gasteiger partial charge in [-0.15, -0.1) is 0 Å². The summed E-state index contributed by atoms with van der Waals surface area (Å²) in [4.78, 5) is 13.8. The van der Waals surface area contributed by atoms with Crippen molar-refractivity contribution in [1.29, 1.82) is 0 Å². The summed E-state index contributed by atoms with van der Waals surface area (Å²) in [5.41, 5.74) is 1.09. The molecule has 0 spiro atoms. The lowest BCUT2D eigenvalue weighted by atomic mass is 10.2. The number of fused-ring (bicyclic) bond motifs is 1. The van der Waals surface area contributed by atoms with Gasteiger partial charge in [-0.05, 0) is 17.7 Å². The lowest BCUT2D eigenvalue weighted by molar-refractivity contribution is 0.0904. The van der Waals surface area contributed by atoms with Gasteiger partial charge in [-0.1, -0.05) is 42.5 Å². The summed E-state index contributed by atoms with van der Waals surface area (Å²) in [5, 5.41) is 2.89. The molecule has 1 heterocycles. The molecule has 5 nitrogen and oxygen atoms in total. The number of nitrogens with one attached hydrogen (secondary N) is 1. The summed E-state index contributed by atoms with van der Waals surface area (Å²) >= 11 is 0. The molecule has 0 aromatic heterocycles. The average Bonchev–Trinajstić information content (AvgIpc) is 2.60. The number of hydrogen-bond donors (Lipinski definition) is 1. The van der Waals surface area contributed by atoms with Gasteiger partial charge in [0.2, 0.25) is 0 Å². The Morgan fingerprint density at radius 2 is 1.83 bits per heavy atom. The summed E-state index contributed by atoms with van der Waals surface area (Å²) in [6, 6.07) is 17.3. The van der Waals surface area contributed by atoms with Crippen LogP contribution in [0.4, 0.5) is 4.79 Å². The minimum absolute atomic E-state index is 0.128. The van der Waals surface area contributed by atoms with Crippen LogP contribution in [0.1, 0.15) is 5.56 Å². The first-order chi connectivity index (χ1) is 11.2. The molecular weight excluding hydrogens is 292 g/mol. The van der Waals surface area contributed by atoms with E-state index in [1.807, 2.05) is 54.6 Å². The predicted octanol–water partition coefficient (Wildman–Crippen LogP) is 2.67. The smallest absolute Gasteiger partial charge is 0.317 e. The van der Waals surface area contributed by atoms with Gasteiger partial charge in [0.15, 0.2) is 17.6 Å². The second-order valence-corrected chi connectivity index (χ2v) is 5.53. The predicted molar refractivity (Wildman–Crippen MR) is 87.7 cm³/mol. The number of carbonyl (C=O) groups is 1. The van der Waals surface area contributed by atoms with Gasteiger partial charge in [0.25, 0.3) is 0 Å². The van der Waals surface area contributed by atoms with Crippen LogP contribution in [0.15, 0.2) is 54.6 Å². The largest absolute Gasteiger partial charge is 0.486 e. The molecule has 5 heteroatoms. The maximum absolute atomic E-state index is 12.2. The number of ether oxygens (including phenoxy) is 2. The van der Waals surface area contributed by atoms with E-state index in [0.717, 1.165) is 17.1 Å². The van der Waals surface area contributed by atoms with E-state index in [1.54, 1.807) is 11.9 Å². The number of nitrogens with zero attached hydrogens (tertiary/aromatic N) is 1. The highest BCUT2D eigenvalue weighted by Gasteiger charge is 2.21. The van der Waals surface area contributed by atoms with Crippen LogP contribution in [0.5, 0.6) is 11.5 Å². The molecule has 3 rings (SSSR count). The highest BCUT2D eigenvalue weighted by molar-refractivity contribution is 5.73. The van der Waals surface area contributed by atoms with Crippen molar-refractivity contribution < 1.29 is 14.3 Å². The number of rotatable bonds is 4. The first-order valence-corrected chi connectivity index (χ1v) is 7.64. The number of hydrogen-bond acceptors (Lipinski definition) is 3. The van der Waals surface area contributed by atoms with Crippen molar-refractivity contribution in [3.8, 4) is 11.5 Å². The Kier molecular flexibility index (Phi) is 4.66. The molecule has 2 amide bonds. The van der Waals surface area contributed by atoms with Crippen molar-refractivity contribution in [2.24, 2.45) is 0 Å². The van der Waals surface area contributed by atoms with E-state index in [0.29, 0.717) is 19.7 Å². The molecule has 0 saturated heterocycles. The van der Waals surface area contributed by atoms with Crippen molar-refractivity contribution in [3.63, 3.8) is 0 Å².